The molecule has 0 heterocycles. The van der Waals surface area contributed by atoms with Crippen LogP contribution >= 0.6 is 0 Å². The fraction of sp³-hybridized carbons (Fsp3) is 0.250. The highest BCUT2D eigenvalue weighted by molar-refractivity contribution is 7.92. The molecule has 2 N–H and O–H groups in total. The molecule has 0 saturated heterocycles. The van der Waals surface area contributed by atoms with Crippen molar-refractivity contribution in [3.8, 4) is 0 Å². The fourth-order valence-electron chi connectivity index (χ4n) is 1.88. The lowest BCUT2D eigenvalue weighted by molar-refractivity contribution is 0.601. The van der Waals surface area contributed by atoms with Gasteiger partial charge in [-0.25, -0.2) is 8.42 Å². The van der Waals surface area contributed by atoms with Gasteiger partial charge in [0.25, 0.3) is 10.0 Å². The number of unbranched alkanes of at least 4 members (excludes halogenated alkanes) is 1. The molecule has 0 aromatic heterocycles. The summed E-state index contributed by atoms with van der Waals surface area (Å²) in [6, 6.07) is 15.6. The average Bonchev–Trinajstić information content (AvgIpc) is 2.50. The van der Waals surface area contributed by atoms with Crippen molar-refractivity contribution in [3.63, 3.8) is 0 Å². The van der Waals surface area contributed by atoms with Crippen LogP contribution in [0.25, 0.3) is 0 Å². The van der Waals surface area contributed by atoms with E-state index in [4.69, 9.17) is 0 Å². The van der Waals surface area contributed by atoms with Crippen molar-refractivity contribution in [2.24, 2.45) is 0 Å². The fourth-order valence-corrected chi connectivity index (χ4v) is 2.96. The Hall–Kier alpha value is -2.01. The summed E-state index contributed by atoms with van der Waals surface area (Å²) in [7, 11) is -3.52. The van der Waals surface area contributed by atoms with Gasteiger partial charge in [0.15, 0.2) is 0 Å². The van der Waals surface area contributed by atoms with Crippen LogP contribution in [-0.4, -0.2) is 15.0 Å². The van der Waals surface area contributed by atoms with E-state index in [9.17, 15) is 8.42 Å². The minimum atomic E-state index is -3.52. The van der Waals surface area contributed by atoms with Gasteiger partial charge in [-0.1, -0.05) is 31.5 Å². The van der Waals surface area contributed by atoms with E-state index in [0.717, 1.165) is 25.1 Å². The van der Waals surface area contributed by atoms with Gasteiger partial charge >= 0.3 is 0 Å². The third-order valence-corrected chi connectivity index (χ3v) is 4.45. The Morgan fingerprint density at radius 1 is 0.905 bits per heavy atom. The Morgan fingerprint density at radius 2 is 1.52 bits per heavy atom. The Balaban J connectivity index is 2.03. The molecule has 21 heavy (non-hydrogen) atoms. The topological polar surface area (TPSA) is 58.2 Å². The number of rotatable bonds is 7. The van der Waals surface area contributed by atoms with E-state index in [-0.39, 0.29) is 4.90 Å². The number of hydrogen-bond donors (Lipinski definition) is 2. The summed E-state index contributed by atoms with van der Waals surface area (Å²) in [6.45, 7) is 3.06. The van der Waals surface area contributed by atoms with Crippen molar-refractivity contribution in [1.82, 2.24) is 0 Å². The van der Waals surface area contributed by atoms with E-state index in [1.165, 1.54) is 0 Å². The van der Waals surface area contributed by atoms with E-state index in [1.807, 2.05) is 12.1 Å². The maximum absolute atomic E-state index is 12.2. The number of benzene rings is 2. The maximum Gasteiger partial charge on any atom is 0.261 e. The number of sulfonamides is 1. The van der Waals surface area contributed by atoms with Crippen LogP contribution in [0.5, 0.6) is 0 Å². The normalized spacial score (nSPS) is 11.1. The first-order chi connectivity index (χ1) is 10.1. The highest BCUT2D eigenvalue weighted by atomic mass is 32.2. The molecule has 5 heteroatoms. The zero-order valence-corrected chi connectivity index (χ0v) is 12.9. The van der Waals surface area contributed by atoms with Gasteiger partial charge in [-0.3, -0.25) is 4.72 Å². The van der Waals surface area contributed by atoms with Crippen molar-refractivity contribution >= 4 is 21.4 Å². The van der Waals surface area contributed by atoms with E-state index < -0.39 is 10.0 Å². The SMILES string of the molecule is CCCCNc1ccc(NS(=O)(=O)c2ccccc2)cc1. The molecule has 0 aliphatic rings. The van der Waals surface area contributed by atoms with Gasteiger partial charge in [-0.2, -0.15) is 0 Å². The average molecular weight is 304 g/mol. The molecule has 112 valence electrons. The van der Waals surface area contributed by atoms with Crippen LogP contribution in [0.15, 0.2) is 59.5 Å². The molecule has 0 bridgehead atoms. The van der Waals surface area contributed by atoms with Gasteiger partial charge in [-0.15, -0.1) is 0 Å². The minimum absolute atomic E-state index is 0.259. The second kappa shape index (κ2) is 7.13. The predicted octanol–water partition coefficient (Wildman–Crippen LogP) is 3.70. The number of nitrogens with one attached hydrogen (secondary N) is 2. The molecule has 4 nitrogen and oxygen atoms in total. The molecule has 0 fully saturated rings. The van der Waals surface area contributed by atoms with Crippen molar-refractivity contribution in [1.29, 1.82) is 0 Å². The molecule has 0 amide bonds. The van der Waals surface area contributed by atoms with Crippen molar-refractivity contribution < 1.29 is 8.42 Å². The van der Waals surface area contributed by atoms with Crippen molar-refractivity contribution in [2.75, 3.05) is 16.6 Å². The first-order valence-electron chi connectivity index (χ1n) is 7.03. The molecule has 2 aromatic carbocycles. The van der Waals surface area contributed by atoms with Crippen LogP contribution in [0.1, 0.15) is 19.8 Å². The lowest BCUT2D eigenvalue weighted by atomic mass is 10.2. The van der Waals surface area contributed by atoms with E-state index >= 15 is 0 Å². The summed E-state index contributed by atoms with van der Waals surface area (Å²) < 4.78 is 26.9. The van der Waals surface area contributed by atoms with Gasteiger partial charge in [0.2, 0.25) is 0 Å². The molecule has 0 atom stereocenters. The molecule has 0 saturated carbocycles. The lowest BCUT2D eigenvalue weighted by Gasteiger charge is -2.10. The molecule has 0 unspecified atom stereocenters. The zero-order valence-electron chi connectivity index (χ0n) is 12.0. The molecule has 0 spiro atoms. The molecule has 2 rings (SSSR count). The highest BCUT2D eigenvalue weighted by Gasteiger charge is 2.12. The van der Waals surface area contributed by atoms with Gasteiger partial charge in [0.1, 0.15) is 0 Å². The largest absolute Gasteiger partial charge is 0.385 e. The minimum Gasteiger partial charge on any atom is -0.385 e. The maximum atomic E-state index is 12.2. The molecule has 0 aliphatic carbocycles. The second-order valence-electron chi connectivity index (χ2n) is 4.78. The van der Waals surface area contributed by atoms with Gasteiger partial charge in [0, 0.05) is 17.9 Å². The molecular formula is C16H20N2O2S. The Bertz CT molecular complexity index is 652. The third-order valence-electron chi connectivity index (χ3n) is 3.05. The van der Waals surface area contributed by atoms with Crippen LogP contribution in [0.4, 0.5) is 11.4 Å². The third kappa shape index (κ3) is 4.49. The van der Waals surface area contributed by atoms with Gasteiger partial charge in [0.05, 0.1) is 4.90 Å². The van der Waals surface area contributed by atoms with E-state index in [1.54, 1.807) is 42.5 Å². The quantitative estimate of drug-likeness (QED) is 0.767. The lowest BCUT2D eigenvalue weighted by Crippen LogP contribution is -2.12. The van der Waals surface area contributed by atoms with Crippen molar-refractivity contribution in [2.45, 2.75) is 24.7 Å². The molecular weight excluding hydrogens is 284 g/mol. The summed E-state index contributed by atoms with van der Waals surface area (Å²) in [5.74, 6) is 0. The Morgan fingerprint density at radius 3 is 2.14 bits per heavy atom. The number of anilines is 2. The molecule has 0 radical (unpaired) electrons. The van der Waals surface area contributed by atoms with Crippen molar-refractivity contribution in [3.05, 3.63) is 54.6 Å². The molecule has 0 aliphatic heterocycles. The van der Waals surface area contributed by atoms with Gasteiger partial charge in [-0.05, 0) is 42.8 Å². The summed E-state index contributed by atoms with van der Waals surface area (Å²) in [4.78, 5) is 0.259. The summed E-state index contributed by atoms with van der Waals surface area (Å²) in [5.41, 5.74) is 1.55. The van der Waals surface area contributed by atoms with Crippen LogP contribution in [0.2, 0.25) is 0 Å². The van der Waals surface area contributed by atoms with E-state index in [0.29, 0.717) is 5.69 Å². The predicted molar refractivity (Wildman–Crippen MR) is 87.1 cm³/mol. The zero-order chi connectivity index (χ0) is 15.1. The van der Waals surface area contributed by atoms with E-state index in [2.05, 4.69) is 17.0 Å². The Kier molecular flexibility index (Phi) is 5.22. The highest BCUT2D eigenvalue weighted by Crippen LogP contribution is 2.18. The van der Waals surface area contributed by atoms with Gasteiger partial charge < -0.3 is 5.32 Å². The Labute approximate surface area is 126 Å². The first kappa shape index (κ1) is 15.4. The summed E-state index contributed by atoms with van der Waals surface area (Å²) in [6.07, 6.45) is 2.25. The van der Waals surface area contributed by atoms with Crippen LogP contribution in [0.3, 0.4) is 0 Å². The summed E-state index contributed by atoms with van der Waals surface area (Å²) in [5, 5.41) is 3.29. The smallest absolute Gasteiger partial charge is 0.261 e. The first-order valence-corrected chi connectivity index (χ1v) is 8.52. The summed E-state index contributed by atoms with van der Waals surface area (Å²) >= 11 is 0. The number of hydrogen-bond acceptors (Lipinski definition) is 3. The van der Waals surface area contributed by atoms with Crippen LogP contribution < -0.4 is 10.0 Å². The van der Waals surface area contributed by atoms with Crippen LogP contribution in [0, 0.1) is 0 Å². The standard InChI is InChI=1S/C16H20N2O2S/c1-2-3-13-17-14-9-11-15(12-10-14)18-21(19,20)16-7-5-4-6-8-16/h4-12,17-18H,2-3,13H2,1H3. The molecule has 2 aromatic rings. The van der Waals surface area contributed by atoms with Crippen LogP contribution in [-0.2, 0) is 10.0 Å². The monoisotopic (exact) mass is 304 g/mol. The second-order valence-corrected chi connectivity index (χ2v) is 6.46.